The maximum absolute atomic E-state index is 13.5. The molecule has 27 heavy (non-hydrogen) atoms. The number of nitrogens with zero attached hydrogens (tertiary/aromatic N) is 3. The maximum atomic E-state index is 13.5. The average Bonchev–Trinajstić information content (AvgIpc) is 3.08. The van der Waals surface area contributed by atoms with Gasteiger partial charge in [-0.1, -0.05) is 0 Å². The molecule has 2 heterocycles. The maximum Gasteiger partial charge on any atom is 0.328 e. The number of carboxylic acid groups (broad SMARTS) is 1. The largest absolute Gasteiger partial charge is 0.496 e. The minimum atomic E-state index is -1.03. The van der Waals surface area contributed by atoms with Gasteiger partial charge in [0, 0.05) is 37.3 Å². The van der Waals surface area contributed by atoms with Gasteiger partial charge in [0.1, 0.15) is 17.4 Å². The zero-order valence-electron chi connectivity index (χ0n) is 14.9. The molecule has 0 amide bonds. The van der Waals surface area contributed by atoms with E-state index in [1.54, 1.807) is 19.4 Å². The minimum Gasteiger partial charge on any atom is -0.496 e. The number of aliphatic carboxylic acids is 1. The Hall–Kier alpha value is -3.00. The Morgan fingerprint density at radius 1 is 1.44 bits per heavy atom. The molecule has 2 N–H and O–H groups in total. The fraction of sp³-hybridized carbons (Fsp3) is 0.316. The van der Waals surface area contributed by atoms with Gasteiger partial charge in [-0.2, -0.15) is 0 Å². The van der Waals surface area contributed by atoms with Gasteiger partial charge in [0.2, 0.25) is 0 Å². The van der Waals surface area contributed by atoms with E-state index in [1.165, 1.54) is 24.4 Å². The van der Waals surface area contributed by atoms with E-state index in [1.807, 2.05) is 0 Å². The third-order valence-electron chi connectivity index (χ3n) is 4.33. The van der Waals surface area contributed by atoms with Crippen LogP contribution in [0.5, 0.6) is 5.75 Å². The van der Waals surface area contributed by atoms with Crippen LogP contribution in [0.2, 0.25) is 0 Å². The van der Waals surface area contributed by atoms with Crippen molar-refractivity contribution in [1.82, 2.24) is 14.9 Å². The quantitative estimate of drug-likeness (QED) is 0.722. The SMILES string of the molecule is COc1ccc(F)cc1CN1CC[C@@H](Nc2cnc(C=CC(=O)O)cn2)C1. The Bertz CT molecular complexity index is 826. The first kappa shape index (κ1) is 18.8. The number of halogens is 1. The number of benzene rings is 1. The second-order valence-corrected chi connectivity index (χ2v) is 6.32. The highest BCUT2D eigenvalue weighted by molar-refractivity contribution is 5.84. The molecule has 1 fully saturated rings. The molecule has 1 aromatic heterocycles. The number of ether oxygens (including phenoxy) is 1. The van der Waals surface area contributed by atoms with E-state index in [4.69, 9.17) is 9.84 Å². The van der Waals surface area contributed by atoms with Crippen molar-refractivity contribution in [3.05, 3.63) is 53.7 Å². The number of methoxy groups -OCH3 is 1. The average molecular weight is 372 g/mol. The van der Waals surface area contributed by atoms with Crippen molar-refractivity contribution in [2.75, 3.05) is 25.5 Å². The van der Waals surface area contributed by atoms with E-state index < -0.39 is 5.97 Å². The van der Waals surface area contributed by atoms with Gasteiger partial charge in [-0.05, 0) is 30.7 Å². The Balaban J connectivity index is 1.55. The molecule has 1 atom stereocenters. The van der Waals surface area contributed by atoms with E-state index >= 15 is 0 Å². The highest BCUT2D eigenvalue weighted by Crippen LogP contribution is 2.23. The van der Waals surface area contributed by atoms with Gasteiger partial charge in [0.15, 0.2) is 0 Å². The summed E-state index contributed by atoms with van der Waals surface area (Å²) in [4.78, 5) is 21.2. The summed E-state index contributed by atoms with van der Waals surface area (Å²) in [5.74, 6) is 0.0216. The molecule has 3 rings (SSSR count). The van der Waals surface area contributed by atoms with Gasteiger partial charge in [-0.25, -0.2) is 14.2 Å². The molecule has 2 aromatic rings. The summed E-state index contributed by atoms with van der Waals surface area (Å²) < 4.78 is 18.8. The van der Waals surface area contributed by atoms with Crippen molar-refractivity contribution in [3.63, 3.8) is 0 Å². The lowest BCUT2D eigenvalue weighted by Crippen LogP contribution is -2.26. The molecule has 7 nitrogen and oxygen atoms in total. The zero-order valence-corrected chi connectivity index (χ0v) is 14.9. The lowest BCUT2D eigenvalue weighted by Gasteiger charge is -2.18. The van der Waals surface area contributed by atoms with Gasteiger partial charge in [0.05, 0.1) is 25.2 Å². The van der Waals surface area contributed by atoms with E-state index in [-0.39, 0.29) is 11.9 Å². The summed E-state index contributed by atoms with van der Waals surface area (Å²) in [6.45, 7) is 2.29. The molecule has 1 saturated heterocycles. The number of hydrogen-bond donors (Lipinski definition) is 2. The molecule has 1 aromatic carbocycles. The van der Waals surface area contributed by atoms with Crippen molar-refractivity contribution in [1.29, 1.82) is 0 Å². The van der Waals surface area contributed by atoms with Crippen molar-refractivity contribution in [2.45, 2.75) is 19.0 Å². The van der Waals surface area contributed by atoms with Crippen LogP contribution in [0.25, 0.3) is 6.08 Å². The second kappa shape index (κ2) is 8.59. The lowest BCUT2D eigenvalue weighted by molar-refractivity contribution is -0.131. The zero-order chi connectivity index (χ0) is 19.2. The first-order chi connectivity index (χ1) is 13.0. The van der Waals surface area contributed by atoms with Gasteiger partial charge in [0.25, 0.3) is 0 Å². The number of carbonyl (C=O) groups is 1. The molecule has 0 radical (unpaired) electrons. The van der Waals surface area contributed by atoms with Crippen LogP contribution in [0.4, 0.5) is 10.2 Å². The molecule has 8 heteroatoms. The number of hydrogen-bond acceptors (Lipinski definition) is 6. The number of likely N-dealkylation sites (tertiary alicyclic amines) is 1. The third kappa shape index (κ3) is 5.24. The Morgan fingerprint density at radius 2 is 2.30 bits per heavy atom. The van der Waals surface area contributed by atoms with E-state index in [9.17, 15) is 9.18 Å². The summed E-state index contributed by atoms with van der Waals surface area (Å²) in [7, 11) is 1.58. The number of aromatic nitrogens is 2. The molecule has 0 spiro atoms. The van der Waals surface area contributed by atoms with Crippen LogP contribution >= 0.6 is 0 Å². The molecule has 0 bridgehead atoms. The van der Waals surface area contributed by atoms with E-state index in [2.05, 4.69) is 20.2 Å². The van der Waals surface area contributed by atoms with Crippen LogP contribution in [0, 0.1) is 5.82 Å². The smallest absolute Gasteiger partial charge is 0.328 e. The van der Waals surface area contributed by atoms with Crippen molar-refractivity contribution in [2.24, 2.45) is 0 Å². The van der Waals surface area contributed by atoms with Crippen LogP contribution in [-0.4, -0.2) is 52.2 Å². The summed E-state index contributed by atoms with van der Waals surface area (Å²) in [6.07, 6.45) is 6.45. The normalized spacial score (nSPS) is 17.3. The molecule has 1 aliphatic heterocycles. The minimum absolute atomic E-state index is 0.208. The number of carboxylic acids is 1. The monoisotopic (exact) mass is 372 g/mol. The predicted octanol–water partition coefficient (Wildman–Crippen LogP) is 2.41. The summed E-state index contributed by atoms with van der Waals surface area (Å²) in [5.41, 5.74) is 1.31. The fourth-order valence-corrected chi connectivity index (χ4v) is 3.07. The molecule has 0 saturated carbocycles. The number of nitrogens with one attached hydrogen (secondary N) is 1. The molecule has 0 unspecified atom stereocenters. The molecule has 142 valence electrons. The van der Waals surface area contributed by atoms with Crippen molar-refractivity contribution >= 4 is 17.9 Å². The topological polar surface area (TPSA) is 87.6 Å². The summed E-state index contributed by atoms with van der Waals surface area (Å²) in [6, 6.07) is 4.75. The van der Waals surface area contributed by atoms with Crippen LogP contribution in [0.1, 0.15) is 17.7 Å². The van der Waals surface area contributed by atoms with Crippen molar-refractivity contribution in [3.8, 4) is 5.75 Å². The standard InChI is InChI=1S/C19H21FN4O3/c1-27-17-4-2-14(20)8-13(17)11-24-7-6-16(12-24)23-18-10-21-15(9-22-18)3-5-19(25)26/h2-5,8-10,16H,6-7,11-12H2,1H3,(H,22,23)(H,25,26)/t16-/m1/s1. The second-order valence-electron chi connectivity index (χ2n) is 6.32. The summed E-state index contributed by atoms with van der Waals surface area (Å²) >= 11 is 0. The molecular weight excluding hydrogens is 351 g/mol. The first-order valence-electron chi connectivity index (χ1n) is 8.58. The Kier molecular flexibility index (Phi) is 5.97. The Morgan fingerprint density at radius 3 is 3.00 bits per heavy atom. The van der Waals surface area contributed by atoms with Gasteiger partial charge < -0.3 is 15.2 Å². The molecular formula is C19H21FN4O3. The van der Waals surface area contributed by atoms with Crippen LogP contribution in [0.15, 0.2) is 36.7 Å². The van der Waals surface area contributed by atoms with Gasteiger partial charge in [-0.3, -0.25) is 9.88 Å². The number of rotatable bonds is 7. The van der Waals surface area contributed by atoms with E-state index in [0.717, 1.165) is 31.1 Å². The predicted molar refractivity (Wildman–Crippen MR) is 99.0 cm³/mol. The van der Waals surface area contributed by atoms with Gasteiger partial charge >= 0.3 is 5.97 Å². The van der Waals surface area contributed by atoms with E-state index in [0.29, 0.717) is 23.8 Å². The molecule has 0 aliphatic carbocycles. The first-order valence-corrected chi connectivity index (χ1v) is 8.58. The fourth-order valence-electron chi connectivity index (χ4n) is 3.07. The van der Waals surface area contributed by atoms with Crippen LogP contribution in [0.3, 0.4) is 0 Å². The van der Waals surface area contributed by atoms with Gasteiger partial charge in [-0.15, -0.1) is 0 Å². The van der Waals surface area contributed by atoms with Crippen LogP contribution in [-0.2, 0) is 11.3 Å². The highest BCUT2D eigenvalue weighted by atomic mass is 19.1. The Labute approximate surface area is 156 Å². The lowest BCUT2D eigenvalue weighted by atomic mass is 10.2. The summed E-state index contributed by atoms with van der Waals surface area (Å²) in [5, 5.41) is 11.9. The third-order valence-corrected chi connectivity index (χ3v) is 4.33. The highest BCUT2D eigenvalue weighted by Gasteiger charge is 2.23. The van der Waals surface area contributed by atoms with Crippen molar-refractivity contribution < 1.29 is 19.0 Å². The molecule has 1 aliphatic rings. The number of anilines is 1. The van der Waals surface area contributed by atoms with Crippen LogP contribution < -0.4 is 10.1 Å².